The van der Waals surface area contributed by atoms with Gasteiger partial charge in [-0.2, -0.15) is 15.0 Å². The monoisotopic (exact) mass is 1020 g/mol. The highest BCUT2D eigenvalue weighted by Crippen LogP contribution is 2.24. The fourth-order valence-corrected chi connectivity index (χ4v) is 6.36. The molecule has 0 aliphatic heterocycles. The molecule has 0 saturated carbocycles. The number of unbranched alkanes of at least 4 members (excludes halogenated alkanes) is 1. The number of aliphatic hydroxyl groups excluding tert-OH is 1. The van der Waals surface area contributed by atoms with Gasteiger partial charge in [0.05, 0.1) is 57.4 Å². The number of nitrogens with zero attached hydrogens (tertiary/aromatic N) is 9. The molecule has 21 nitrogen and oxygen atoms in total. The van der Waals surface area contributed by atoms with Crippen molar-refractivity contribution in [3.63, 3.8) is 0 Å². The minimum atomic E-state index is -1.34. The van der Waals surface area contributed by atoms with Gasteiger partial charge in [0.2, 0.25) is 10.6 Å². The van der Waals surface area contributed by atoms with Crippen molar-refractivity contribution in [2.45, 2.75) is 39.4 Å². The van der Waals surface area contributed by atoms with E-state index in [2.05, 4.69) is 77.4 Å². The standard InChI is InChI=1S/C16H13N5O.C10H8ClN5O.C6H7BO2.C5H2Cl2N4.C5H7NO.C4H10O/c1-2-5-11(6-3-1)14-20-15(13-16(21-14)19-10-18-13)17-9-12-7-4-8-22-12;11-10-15-8(7-9(16-10)14-5-13-7)12-4-6-2-1-3-17-6;8-7(9)6-4-2-1-3-5-6;6-3-2-4(9-1-8-2)11-5(7)10-3;6-4-5-2-1-3-7-5;1-2-3-4-5/h1-8,10H,9H2,(H2,17,18,19,20,21);1-3,5H,4H2,(H2,12,13,14,15,16);1-5,8-9H;1H,(H,8,9,10,11);1-3H,4,6H2;5H,2-4H2,1H3. The van der Waals surface area contributed by atoms with E-state index in [1.54, 1.807) is 55.7 Å². The summed E-state index contributed by atoms with van der Waals surface area (Å²) in [6.45, 7) is 3.96. The third-order valence-electron chi connectivity index (χ3n) is 9.20. The van der Waals surface area contributed by atoms with Crippen molar-refractivity contribution in [1.82, 2.24) is 59.8 Å². The average molecular weight is 1020 g/mol. The summed E-state index contributed by atoms with van der Waals surface area (Å²) < 4.78 is 15.4. The largest absolute Gasteiger partial charge is 0.488 e. The Labute approximate surface area is 420 Å². The van der Waals surface area contributed by atoms with Gasteiger partial charge in [0.25, 0.3) is 0 Å². The molecule has 0 aliphatic rings. The molecule has 366 valence electrons. The summed E-state index contributed by atoms with van der Waals surface area (Å²) in [5, 5.41) is 32.2. The molecule has 0 aliphatic carbocycles. The first kappa shape index (κ1) is 52.7. The van der Waals surface area contributed by atoms with Crippen molar-refractivity contribution < 1.29 is 28.4 Å². The van der Waals surface area contributed by atoms with E-state index in [0.29, 0.717) is 71.6 Å². The molecule has 10 N–H and O–H groups in total. The summed E-state index contributed by atoms with van der Waals surface area (Å²) in [4.78, 5) is 45.7. The van der Waals surface area contributed by atoms with Crippen LogP contribution >= 0.6 is 34.8 Å². The number of fused-ring (bicyclic) bond motifs is 3. The van der Waals surface area contributed by atoms with Gasteiger partial charge in [-0.05, 0) is 71.5 Å². The number of hydrogen-bond acceptors (Lipinski definition) is 18. The zero-order valence-corrected chi connectivity index (χ0v) is 40.1. The third kappa shape index (κ3) is 16.5. The highest BCUT2D eigenvalue weighted by atomic mass is 35.5. The van der Waals surface area contributed by atoms with Gasteiger partial charge in [0.15, 0.2) is 39.6 Å². The molecule has 25 heteroatoms. The number of aromatic nitrogens is 12. The van der Waals surface area contributed by atoms with Gasteiger partial charge in [0.1, 0.15) is 33.8 Å². The second kappa shape index (κ2) is 28.1. The predicted octanol–water partition coefficient (Wildman–Crippen LogP) is 7.98. The van der Waals surface area contributed by atoms with Crippen LogP contribution in [0.25, 0.3) is 44.9 Å². The van der Waals surface area contributed by atoms with Crippen LogP contribution < -0.4 is 21.8 Å². The molecule has 11 rings (SSSR count). The highest BCUT2D eigenvalue weighted by molar-refractivity contribution is 6.58. The lowest BCUT2D eigenvalue weighted by atomic mass is 9.81. The van der Waals surface area contributed by atoms with Crippen molar-refractivity contribution in [3.05, 3.63) is 168 Å². The number of nitrogens with two attached hydrogens (primary N) is 1. The van der Waals surface area contributed by atoms with Crippen LogP contribution in [0.5, 0.6) is 0 Å². The van der Waals surface area contributed by atoms with Crippen LogP contribution in [-0.4, -0.2) is 88.7 Å². The summed E-state index contributed by atoms with van der Waals surface area (Å²) in [5.41, 5.74) is 10.4. The first-order valence-corrected chi connectivity index (χ1v) is 22.7. The first-order valence-electron chi connectivity index (χ1n) is 21.6. The Morgan fingerprint density at radius 1 is 0.577 bits per heavy atom. The number of furan rings is 3. The van der Waals surface area contributed by atoms with Gasteiger partial charge in [-0.1, -0.05) is 85.6 Å². The summed E-state index contributed by atoms with van der Waals surface area (Å²) in [6, 6.07) is 29.6. The quantitative estimate of drug-likeness (QED) is 0.0337. The molecule has 0 spiro atoms. The minimum absolute atomic E-state index is 0.106. The summed E-state index contributed by atoms with van der Waals surface area (Å²) in [6.07, 6.45) is 11.6. The van der Waals surface area contributed by atoms with Crippen molar-refractivity contribution in [2.75, 3.05) is 17.2 Å². The van der Waals surface area contributed by atoms with Crippen LogP contribution in [0, 0.1) is 0 Å². The van der Waals surface area contributed by atoms with Crippen molar-refractivity contribution >= 4 is 92.5 Å². The Bertz CT molecular complexity index is 3180. The number of aromatic amines is 3. The van der Waals surface area contributed by atoms with E-state index in [1.165, 1.54) is 6.33 Å². The molecule has 9 aromatic heterocycles. The summed E-state index contributed by atoms with van der Waals surface area (Å²) >= 11 is 17.0. The minimum Gasteiger partial charge on any atom is -0.468 e. The van der Waals surface area contributed by atoms with E-state index in [1.807, 2.05) is 72.8 Å². The maximum Gasteiger partial charge on any atom is 0.488 e. The van der Waals surface area contributed by atoms with Crippen molar-refractivity contribution in [3.8, 4) is 11.4 Å². The van der Waals surface area contributed by atoms with Gasteiger partial charge < -0.3 is 59.7 Å². The molecule has 0 amide bonds. The SMILES string of the molecule is CCCCO.Clc1nc(Cl)c2[nH]cnc2n1.Clc1nc(NCc2ccco2)c2[nH]cnc2n1.NCc1ccco1.OB(O)c1ccccc1.c1ccc(-c2nc(NCc3ccco3)c3[nH]cnc3n2)cc1. The van der Waals surface area contributed by atoms with E-state index >= 15 is 0 Å². The molecule has 2 aromatic carbocycles. The van der Waals surface area contributed by atoms with Gasteiger partial charge in [-0.15, -0.1) is 0 Å². The third-order valence-corrected chi connectivity index (χ3v) is 9.81. The van der Waals surface area contributed by atoms with E-state index in [9.17, 15) is 0 Å². The van der Waals surface area contributed by atoms with E-state index in [0.717, 1.165) is 46.7 Å². The summed E-state index contributed by atoms with van der Waals surface area (Å²) in [5.74, 6) is 4.44. The number of H-pyrrole nitrogens is 3. The molecule has 0 atom stereocenters. The number of nitrogens with one attached hydrogen (secondary N) is 5. The number of halogens is 3. The first-order chi connectivity index (χ1) is 34.6. The number of aliphatic hydroxyl groups is 1. The fourth-order valence-electron chi connectivity index (χ4n) is 5.76. The Balaban J connectivity index is 0.000000150. The van der Waals surface area contributed by atoms with Gasteiger partial charge in [0, 0.05) is 12.2 Å². The van der Waals surface area contributed by atoms with Crippen LogP contribution in [0.2, 0.25) is 15.7 Å². The predicted molar refractivity (Wildman–Crippen MR) is 272 cm³/mol. The average Bonchev–Trinajstić information content (AvgIpc) is 4.26. The lowest BCUT2D eigenvalue weighted by Crippen LogP contribution is -2.29. The Kier molecular flexibility index (Phi) is 20.8. The van der Waals surface area contributed by atoms with Crippen LogP contribution in [0.3, 0.4) is 0 Å². The fraction of sp³-hybridized carbons (Fsp3) is 0.152. The molecule has 11 aromatic rings. The van der Waals surface area contributed by atoms with Gasteiger partial charge >= 0.3 is 7.12 Å². The van der Waals surface area contributed by atoms with Crippen molar-refractivity contribution in [2.24, 2.45) is 5.73 Å². The number of imidazole rings is 3. The molecule has 0 unspecified atom stereocenters. The van der Waals surface area contributed by atoms with Crippen LogP contribution in [0.1, 0.15) is 37.0 Å². The zero-order valence-electron chi connectivity index (χ0n) is 37.8. The van der Waals surface area contributed by atoms with Crippen LogP contribution in [0.15, 0.2) is 148 Å². The second-order valence-electron chi connectivity index (χ2n) is 14.2. The molecular weight excluding hydrogens is 976 g/mol. The van der Waals surface area contributed by atoms with E-state index < -0.39 is 7.12 Å². The molecule has 9 heterocycles. The topological polar surface area (TPSA) is 314 Å². The van der Waals surface area contributed by atoms with Crippen LogP contribution in [0.4, 0.5) is 11.6 Å². The van der Waals surface area contributed by atoms with E-state index in [-0.39, 0.29) is 15.7 Å². The number of rotatable bonds is 11. The van der Waals surface area contributed by atoms with Crippen molar-refractivity contribution in [1.29, 1.82) is 0 Å². The van der Waals surface area contributed by atoms with Crippen LogP contribution in [-0.2, 0) is 19.6 Å². The molecular formula is C46H47BCl3N15O6. The molecule has 0 fully saturated rings. The number of hydrogen-bond donors (Lipinski definition) is 9. The van der Waals surface area contributed by atoms with Gasteiger partial charge in [-0.3, -0.25) is 0 Å². The second-order valence-corrected chi connectivity index (χ2v) is 15.2. The normalized spacial score (nSPS) is 10.3. The molecule has 71 heavy (non-hydrogen) atoms. The number of anilines is 2. The Morgan fingerprint density at radius 3 is 1.51 bits per heavy atom. The lowest BCUT2D eigenvalue weighted by Gasteiger charge is -2.07. The number of benzene rings is 2. The molecule has 0 saturated heterocycles. The zero-order chi connectivity index (χ0) is 50.2. The maximum atomic E-state index is 8.58. The lowest BCUT2D eigenvalue weighted by molar-refractivity contribution is 0.287. The Morgan fingerprint density at radius 2 is 1.06 bits per heavy atom. The smallest absolute Gasteiger partial charge is 0.468 e. The summed E-state index contributed by atoms with van der Waals surface area (Å²) in [7, 11) is -1.34. The highest BCUT2D eigenvalue weighted by Gasteiger charge is 2.13. The van der Waals surface area contributed by atoms with Gasteiger partial charge in [-0.25, -0.2) is 29.9 Å². The van der Waals surface area contributed by atoms with E-state index in [4.69, 9.17) is 68.9 Å². The molecule has 0 bridgehead atoms. The molecule has 0 radical (unpaired) electrons. The Hall–Kier alpha value is -7.70. The maximum absolute atomic E-state index is 8.58.